The highest BCUT2D eigenvalue weighted by Gasteiger charge is 2.13. The van der Waals surface area contributed by atoms with Gasteiger partial charge in [-0.25, -0.2) is 0 Å². The lowest BCUT2D eigenvalue weighted by Crippen LogP contribution is -2.18. The molecule has 1 atom stereocenters. The van der Waals surface area contributed by atoms with Crippen molar-refractivity contribution in [2.24, 2.45) is 0 Å². The SMILES string of the molecule is CNCC(c1ccc(OC)cc1)c1cccnc1. The van der Waals surface area contributed by atoms with Crippen LogP contribution < -0.4 is 10.1 Å². The van der Waals surface area contributed by atoms with Crippen molar-refractivity contribution in [2.45, 2.75) is 5.92 Å². The Hall–Kier alpha value is -1.87. The molecule has 0 saturated heterocycles. The van der Waals surface area contributed by atoms with Gasteiger partial charge in [0, 0.05) is 24.9 Å². The van der Waals surface area contributed by atoms with Crippen LogP contribution in [0, 0.1) is 0 Å². The van der Waals surface area contributed by atoms with Crippen molar-refractivity contribution < 1.29 is 4.74 Å². The Labute approximate surface area is 108 Å². The van der Waals surface area contributed by atoms with E-state index in [-0.39, 0.29) is 0 Å². The van der Waals surface area contributed by atoms with E-state index in [0.29, 0.717) is 5.92 Å². The standard InChI is InChI=1S/C15H18N2O/c1-16-11-15(13-4-3-9-17-10-13)12-5-7-14(18-2)8-6-12/h3-10,15-16H,11H2,1-2H3. The number of hydrogen-bond donors (Lipinski definition) is 1. The summed E-state index contributed by atoms with van der Waals surface area (Å²) in [5.41, 5.74) is 2.48. The van der Waals surface area contributed by atoms with E-state index in [2.05, 4.69) is 28.5 Å². The van der Waals surface area contributed by atoms with Crippen LogP contribution in [0.5, 0.6) is 5.75 Å². The number of rotatable bonds is 5. The molecule has 0 aliphatic rings. The Morgan fingerprint density at radius 2 is 1.94 bits per heavy atom. The van der Waals surface area contributed by atoms with E-state index < -0.39 is 0 Å². The second-order valence-electron chi connectivity index (χ2n) is 4.17. The highest BCUT2D eigenvalue weighted by atomic mass is 16.5. The van der Waals surface area contributed by atoms with Gasteiger partial charge in [-0.1, -0.05) is 18.2 Å². The highest BCUT2D eigenvalue weighted by molar-refractivity contribution is 5.35. The zero-order chi connectivity index (χ0) is 12.8. The number of hydrogen-bond acceptors (Lipinski definition) is 3. The first kappa shape index (κ1) is 12.6. The molecule has 2 aromatic rings. The summed E-state index contributed by atoms with van der Waals surface area (Å²) in [5.74, 6) is 1.20. The number of nitrogens with zero attached hydrogens (tertiary/aromatic N) is 1. The Bertz CT molecular complexity index is 468. The third kappa shape index (κ3) is 2.87. The lowest BCUT2D eigenvalue weighted by Gasteiger charge is -2.17. The molecule has 3 nitrogen and oxygen atoms in total. The molecule has 1 unspecified atom stereocenters. The van der Waals surface area contributed by atoms with Crippen molar-refractivity contribution in [1.29, 1.82) is 0 Å². The number of likely N-dealkylation sites (N-methyl/N-ethyl adjacent to an activating group) is 1. The van der Waals surface area contributed by atoms with Gasteiger partial charge >= 0.3 is 0 Å². The van der Waals surface area contributed by atoms with Crippen LogP contribution >= 0.6 is 0 Å². The van der Waals surface area contributed by atoms with Crippen LogP contribution in [0.25, 0.3) is 0 Å². The zero-order valence-corrected chi connectivity index (χ0v) is 10.8. The van der Waals surface area contributed by atoms with E-state index in [4.69, 9.17) is 4.74 Å². The van der Waals surface area contributed by atoms with Gasteiger partial charge in [0.15, 0.2) is 0 Å². The molecule has 1 N–H and O–H groups in total. The van der Waals surface area contributed by atoms with E-state index >= 15 is 0 Å². The monoisotopic (exact) mass is 242 g/mol. The summed E-state index contributed by atoms with van der Waals surface area (Å²) in [6.45, 7) is 0.887. The molecule has 0 bridgehead atoms. The predicted octanol–water partition coefficient (Wildman–Crippen LogP) is 2.44. The number of nitrogens with one attached hydrogen (secondary N) is 1. The molecule has 0 spiro atoms. The van der Waals surface area contributed by atoms with Crippen molar-refractivity contribution in [3.05, 3.63) is 59.9 Å². The van der Waals surface area contributed by atoms with E-state index in [0.717, 1.165) is 12.3 Å². The van der Waals surface area contributed by atoms with Crippen LogP contribution in [0.15, 0.2) is 48.8 Å². The fourth-order valence-corrected chi connectivity index (χ4v) is 2.05. The summed E-state index contributed by atoms with van der Waals surface area (Å²) in [7, 11) is 3.65. The van der Waals surface area contributed by atoms with Crippen LogP contribution in [-0.4, -0.2) is 25.7 Å². The maximum absolute atomic E-state index is 5.19. The molecular formula is C15H18N2O. The lowest BCUT2D eigenvalue weighted by molar-refractivity contribution is 0.414. The first-order valence-corrected chi connectivity index (χ1v) is 6.03. The summed E-state index contributed by atoms with van der Waals surface area (Å²) in [6.07, 6.45) is 3.72. The second kappa shape index (κ2) is 6.17. The molecule has 1 aromatic carbocycles. The lowest BCUT2D eigenvalue weighted by atomic mass is 9.92. The molecule has 2 rings (SSSR count). The van der Waals surface area contributed by atoms with Crippen LogP contribution in [0.1, 0.15) is 17.0 Å². The zero-order valence-electron chi connectivity index (χ0n) is 10.8. The summed E-state index contributed by atoms with van der Waals surface area (Å²) < 4.78 is 5.19. The maximum atomic E-state index is 5.19. The smallest absolute Gasteiger partial charge is 0.118 e. The fraction of sp³-hybridized carbons (Fsp3) is 0.267. The minimum Gasteiger partial charge on any atom is -0.497 e. The Balaban J connectivity index is 2.29. The molecule has 0 aliphatic heterocycles. The molecule has 0 amide bonds. The van der Waals surface area contributed by atoms with Crippen LogP contribution in [0.3, 0.4) is 0 Å². The second-order valence-corrected chi connectivity index (χ2v) is 4.17. The summed E-state index contributed by atoms with van der Waals surface area (Å²) >= 11 is 0. The normalized spacial score (nSPS) is 12.1. The fourth-order valence-electron chi connectivity index (χ4n) is 2.05. The molecule has 0 radical (unpaired) electrons. The topological polar surface area (TPSA) is 34.1 Å². The first-order chi connectivity index (χ1) is 8.85. The summed E-state index contributed by atoms with van der Waals surface area (Å²) in [4.78, 5) is 4.19. The minimum atomic E-state index is 0.314. The Morgan fingerprint density at radius 1 is 1.17 bits per heavy atom. The van der Waals surface area contributed by atoms with E-state index in [9.17, 15) is 0 Å². The van der Waals surface area contributed by atoms with Gasteiger partial charge in [0.25, 0.3) is 0 Å². The number of ether oxygens (including phenoxy) is 1. The number of aromatic nitrogens is 1. The first-order valence-electron chi connectivity index (χ1n) is 6.03. The van der Waals surface area contributed by atoms with Crippen molar-refractivity contribution in [1.82, 2.24) is 10.3 Å². The highest BCUT2D eigenvalue weighted by Crippen LogP contribution is 2.25. The summed E-state index contributed by atoms with van der Waals surface area (Å²) in [6, 6.07) is 12.3. The van der Waals surface area contributed by atoms with Gasteiger partial charge in [0.1, 0.15) is 5.75 Å². The molecule has 1 aromatic heterocycles. The molecule has 1 heterocycles. The molecule has 94 valence electrons. The predicted molar refractivity (Wildman–Crippen MR) is 73.0 cm³/mol. The molecule has 0 saturated carbocycles. The van der Waals surface area contributed by atoms with Crippen molar-refractivity contribution in [3.63, 3.8) is 0 Å². The van der Waals surface area contributed by atoms with Gasteiger partial charge in [-0.3, -0.25) is 4.98 Å². The summed E-state index contributed by atoms with van der Waals surface area (Å²) in [5, 5.41) is 3.23. The largest absolute Gasteiger partial charge is 0.497 e. The van der Waals surface area contributed by atoms with Crippen LogP contribution in [0.4, 0.5) is 0 Å². The van der Waals surface area contributed by atoms with Gasteiger partial charge in [0.05, 0.1) is 7.11 Å². The van der Waals surface area contributed by atoms with Gasteiger partial charge in [0.2, 0.25) is 0 Å². The molecule has 3 heteroatoms. The number of benzene rings is 1. The van der Waals surface area contributed by atoms with Gasteiger partial charge in [-0.2, -0.15) is 0 Å². The third-order valence-electron chi connectivity index (χ3n) is 3.01. The van der Waals surface area contributed by atoms with Crippen molar-refractivity contribution in [2.75, 3.05) is 20.7 Å². The van der Waals surface area contributed by atoms with Crippen molar-refractivity contribution >= 4 is 0 Å². The number of methoxy groups -OCH3 is 1. The molecule has 0 aliphatic carbocycles. The third-order valence-corrected chi connectivity index (χ3v) is 3.01. The molecule has 0 fully saturated rings. The van der Waals surface area contributed by atoms with Gasteiger partial charge in [-0.15, -0.1) is 0 Å². The minimum absolute atomic E-state index is 0.314. The van der Waals surface area contributed by atoms with Crippen LogP contribution in [0.2, 0.25) is 0 Å². The Morgan fingerprint density at radius 3 is 2.50 bits per heavy atom. The van der Waals surface area contributed by atoms with Gasteiger partial charge < -0.3 is 10.1 Å². The number of pyridine rings is 1. The van der Waals surface area contributed by atoms with Crippen LogP contribution in [-0.2, 0) is 0 Å². The maximum Gasteiger partial charge on any atom is 0.118 e. The molecular weight excluding hydrogens is 224 g/mol. The molecule has 18 heavy (non-hydrogen) atoms. The van der Waals surface area contributed by atoms with E-state index in [1.54, 1.807) is 13.3 Å². The quantitative estimate of drug-likeness (QED) is 0.874. The van der Waals surface area contributed by atoms with Gasteiger partial charge in [-0.05, 0) is 36.4 Å². The Kier molecular flexibility index (Phi) is 4.31. The average Bonchev–Trinajstić information content (AvgIpc) is 2.46. The van der Waals surface area contributed by atoms with E-state index in [1.807, 2.05) is 31.4 Å². The van der Waals surface area contributed by atoms with E-state index in [1.165, 1.54) is 11.1 Å². The van der Waals surface area contributed by atoms with Crippen molar-refractivity contribution in [3.8, 4) is 5.75 Å². The average molecular weight is 242 g/mol.